The van der Waals surface area contributed by atoms with Gasteiger partial charge in [-0.3, -0.25) is 9.89 Å². The average molecular weight is 364 g/mol. The van der Waals surface area contributed by atoms with Gasteiger partial charge >= 0.3 is 0 Å². The summed E-state index contributed by atoms with van der Waals surface area (Å²) in [6.07, 6.45) is 7.74. The summed E-state index contributed by atoms with van der Waals surface area (Å²) in [5.74, 6) is 1.38. The highest BCUT2D eigenvalue weighted by atomic mass is 35.5. The van der Waals surface area contributed by atoms with Crippen LogP contribution in [0.4, 0.5) is 0 Å². The normalized spacial score (nSPS) is 31.0. The predicted molar refractivity (Wildman–Crippen MR) is 94.0 cm³/mol. The molecule has 1 aliphatic heterocycles. The lowest BCUT2D eigenvalue weighted by Crippen LogP contribution is -2.55. The third-order valence-electron chi connectivity index (χ3n) is 5.11. The number of aromatic amines is 1. The van der Waals surface area contributed by atoms with Gasteiger partial charge < -0.3 is 10.6 Å². The molecule has 3 atom stereocenters. The van der Waals surface area contributed by atoms with E-state index in [1.807, 2.05) is 11.8 Å². The number of piperidine rings is 1. The molecule has 8 heteroatoms. The monoisotopic (exact) mass is 363 g/mol. The number of nitrogens with one attached hydrogen (secondary N) is 1. The molecule has 1 amide bonds. The van der Waals surface area contributed by atoms with Crippen molar-refractivity contribution in [3.05, 3.63) is 12.2 Å². The van der Waals surface area contributed by atoms with Gasteiger partial charge in [0.25, 0.3) is 0 Å². The van der Waals surface area contributed by atoms with Crippen molar-refractivity contribution in [1.29, 1.82) is 0 Å². The highest BCUT2D eigenvalue weighted by Crippen LogP contribution is 2.34. The van der Waals surface area contributed by atoms with Crippen LogP contribution in [-0.4, -0.2) is 44.6 Å². The quantitative estimate of drug-likeness (QED) is 0.843. The summed E-state index contributed by atoms with van der Waals surface area (Å²) in [7, 11) is 0. The number of nitrogens with zero attached hydrogens (tertiary/aromatic N) is 3. The number of H-pyrrole nitrogens is 1. The van der Waals surface area contributed by atoms with Crippen LogP contribution in [0, 0.1) is 5.92 Å². The van der Waals surface area contributed by atoms with Crippen LogP contribution in [0.2, 0.25) is 0 Å². The highest BCUT2D eigenvalue weighted by molar-refractivity contribution is 5.85. The molecule has 6 nitrogen and oxygen atoms in total. The van der Waals surface area contributed by atoms with Crippen LogP contribution in [0.25, 0.3) is 0 Å². The van der Waals surface area contributed by atoms with E-state index in [-0.39, 0.29) is 48.1 Å². The topological polar surface area (TPSA) is 87.9 Å². The van der Waals surface area contributed by atoms with Crippen LogP contribution < -0.4 is 5.73 Å². The lowest BCUT2D eigenvalue weighted by atomic mass is 9.73. The molecule has 3 N–H and O–H groups in total. The maximum atomic E-state index is 12.9. The van der Waals surface area contributed by atoms with E-state index in [2.05, 4.69) is 15.2 Å². The molecule has 3 unspecified atom stereocenters. The number of rotatable bonds is 2. The smallest absolute Gasteiger partial charge is 0.227 e. The standard InChI is InChI=1S/C15H25N5O.2ClH/c1-15(16)7-3-2-6-12(15)14(21)20-8-4-5-11(9-20)13-17-10-18-19-13;;/h10-12H,2-9,16H2,1H3,(H,17,18,19);2*1H. The number of carbonyl (C=O) groups excluding carboxylic acids is 1. The van der Waals surface area contributed by atoms with Crippen LogP contribution >= 0.6 is 24.8 Å². The van der Waals surface area contributed by atoms with E-state index in [1.54, 1.807) is 0 Å². The Kier molecular flexibility index (Phi) is 7.29. The SMILES string of the molecule is CC1(N)CCCCC1C(=O)N1CCCC(c2ncn[nH]2)C1.Cl.Cl. The summed E-state index contributed by atoms with van der Waals surface area (Å²) in [6.45, 7) is 3.61. The summed E-state index contributed by atoms with van der Waals surface area (Å²) in [6, 6.07) is 0. The van der Waals surface area contributed by atoms with Crippen LogP contribution in [0.3, 0.4) is 0 Å². The molecule has 1 aromatic rings. The first kappa shape index (κ1) is 20.2. The van der Waals surface area contributed by atoms with Crippen molar-refractivity contribution in [1.82, 2.24) is 20.1 Å². The zero-order chi connectivity index (χ0) is 14.9. The second-order valence-electron chi connectivity index (χ2n) is 6.80. The lowest BCUT2D eigenvalue weighted by Gasteiger charge is -2.41. The van der Waals surface area contributed by atoms with Crippen LogP contribution in [0.1, 0.15) is 57.2 Å². The number of hydrogen-bond donors (Lipinski definition) is 2. The number of likely N-dealkylation sites (tertiary alicyclic amines) is 1. The first-order valence-corrected chi connectivity index (χ1v) is 8.01. The molecule has 1 aliphatic carbocycles. The van der Waals surface area contributed by atoms with Crippen molar-refractivity contribution in [2.24, 2.45) is 11.7 Å². The van der Waals surface area contributed by atoms with Crippen LogP contribution in [0.5, 0.6) is 0 Å². The van der Waals surface area contributed by atoms with Gasteiger partial charge in [-0.05, 0) is 32.6 Å². The number of amides is 1. The third-order valence-corrected chi connectivity index (χ3v) is 5.11. The van der Waals surface area contributed by atoms with Gasteiger partial charge in [0.05, 0.1) is 5.92 Å². The summed E-state index contributed by atoms with van der Waals surface area (Å²) >= 11 is 0. The lowest BCUT2D eigenvalue weighted by molar-refractivity contribution is -0.140. The van der Waals surface area contributed by atoms with E-state index in [0.717, 1.165) is 57.4 Å². The van der Waals surface area contributed by atoms with Gasteiger partial charge in [-0.25, -0.2) is 4.98 Å². The van der Waals surface area contributed by atoms with Gasteiger partial charge in [-0.15, -0.1) is 24.8 Å². The minimum absolute atomic E-state index is 0. The van der Waals surface area contributed by atoms with E-state index in [0.29, 0.717) is 0 Å². The molecule has 0 radical (unpaired) electrons. The predicted octanol–water partition coefficient (Wildman–Crippen LogP) is 2.26. The van der Waals surface area contributed by atoms with E-state index in [1.165, 1.54) is 6.33 Å². The number of carbonyl (C=O) groups is 1. The number of aromatic nitrogens is 3. The fraction of sp³-hybridized carbons (Fsp3) is 0.800. The maximum Gasteiger partial charge on any atom is 0.227 e. The molecule has 0 aromatic carbocycles. The largest absolute Gasteiger partial charge is 0.342 e. The molecular formula is C15H27Cl2N5O. The van der Waals surface area contributed by atoms with Crippen molar-refractivity contribution in [3.63, 3.8) is 0 Å². The zero-order valence-electron chi connectivity index (χ0n) is 13.5. The van der Waals surface area contributed by atoms with E-state index in [4.69, 9.17) is 5.73 Å². The summed E-state index contributed by atoms with van der Waals surface area (Å²) in [4.78, 5) is 19.1. The highest BCUT2D eigenvalue weighted by Gasteiger charge is 2.40. The van der Waals surface area contributed by atoms with E-state index < -0.39 is 0 Å². The van der Waals surface area contributed by atoms with Gasteiger partial charge in [0.2, 0.25) is 5.91 Å². The molecule has 132 valence electrons. The second-order valence-corrected chi connectivity index (χ2v) is 6.80. The maximum absolute atomic E-state index is 12.9. The Morgan fingerprint density at radius 3 is 2.78 bits per heavy atom. The minimum atomic E-state index is -0.353. The first-order chi connectivity index (χ1) is 10.1. The molecule has 2 fully saturated rings. The molecule has 2 aliphatic rings. The summed E-state index contributed by atoms with van der Waals surface area (Å²) in [5, 5.41) is 6.86. The second kappa shape index (κ2) is 8.31. The van der Waals surface area contributed by atoms with Gasteiger partial charge in [0, 0.05) is 24.5 Å². The molecule has 2 heterocycles. The number of halogens is 2. The molecule has 0 bridgehead atoms. The van der Waals surface area contributed by atoms with Gasteiger partial charge in [-0.1, -0.05) is 12.8 Å². The van der Waals surface area contributed by atoms with Crippen molar-refractivity contribution in [3.8, 4) is 0 Å². The molecule has 3 rings (SSSR count). The van der Waals surface area contributed by atoms with Crippen molar-refractivity contribution in [2.45, 2.75) is 56.9 Å². The Bertz CT molecular complexity index is 494. The fourth-order valence-corrected chi connectivity index (χ4v) is 3.80. The van der Waals surface area contributed by atoms with Gasteiger partial charge in [-0.2, -0.15) is 5.10 Å². The first-order valence-electron chi connectivity index (χ1n) is 8.01. The number of hydrogen-bond acceptors (Lipinski definition) is 4. The molecule has 1 saturated carbocycles. The summed E-state index contributed by atoms with van der Waals surface area (Å²) < 4.78 is 0. The van der Waals surface area contributed by atoms with Crippen molar-refractivity contribution >= 4 is 30.7 Å². The molecule has 1 saturated heterocycles. The minimum Gasteiger partial charge on any atom is -0.342 e. The Morgan fingerprint density at radius 2 is 2.13 bits per heavy atom. The third kappa shape index (κ3) is 4.37. The molecule has 1 aromatic heterocycles. The van der Waals surface area contributed by atoms with Crippen LogP contribution in [0.15, 0.2) is 6.33 Å². The van der Waals surface area contributed by atoms with Crippen LogP contribution in [-0.2, 0) is 4.79 Å². The Balaban J connectivity index is 0.00000132. The van der Waals surface area contributed by atoms with E-state index >= 15 is 0 Å². The zero-order valence-corrected chi connectivity index (χ0v) is 15.2. The summed E-state index contributed by atoms with van der Waals surface area (Å²) in [5.41, 5.74) is 6.03. The fourth-order valence-electron chi connectivity index (χ4n) is 3.80. The Labute approximate surface area is 149 Å². The molecule has 23 heavy (non-hydrogen) atoms. The Morgan fingerprint density at radius 1 is 1.35 bits per heavy atom. The average Bonchev–Trinajstić information content (AvgIpc) is 3.00. The number of nitrogens with two attached hydrogens (primary N) is 1. The van der Waals surface area contributed by atoms with Gasteiger partial charge in [0.15, 0.2) is 0 Å². The van der Waals surface area contributed by atoms with Gasteiger partial charge in [0.1, 0.15) is 12.2 Å². The molecule has 0 spiro atoms. The van der Waals surface area contributed by atoms with Crippen molar-refractivity contribution in [2.75, 3.05) is 13.1 Å². The molecular weight excluding hydrogens is 337 g/mol. The Hall–Kier alpha value is -0.850. The van der Waals surface area contributed by atoms with Crippen molar-refractivity contribution < 1.29 is 4.79 Å². The van der Waals surface area contributed by atoms with E-state index in [9.17, 15) is 4.79 Å².